The van der Waals surface area contributed by atoms with Gasteiger partial charge in [0.15, 0.2) is 0 Å². The number of rotatable bonds is 12. The molecule has 0 atom stereocenters. The zero-order valence-corrected chi connectivity index (χ0v) is 27.5. The molecular formula is C36H34N4O9. The first-order chi connectivity index (χ1) is 23.3. The van der Waals surface area contributed by atoms with Crippen LogP contribution in [0.15, 0.2) is 60.7 Å². The molecule has 0 saturated heterocycles. The lowest BCUT2D eigenvalue weighted by Crippen LogP contribution is -2.58. The van der Waals surface area contributed by atoms with Crippen molar-refractivity contribution in [3.05, 3.63) is 83.0 Å². The third kappa shape index (κ3) is 5.07. The van der Waals surface area contributed by atoms with E-state index in [1.165, 1.54) is 48.6 Å². The van der Waals surface area contributed by atoms with Crippen molar-refractivity contribution in [1.29, 1.82) is 0 Å². The maximum absolute atomic E-state index is 13.8. The minimum atomic E-state index is -1.14. The van der Waals surface area contributed by atoms with Gasteiger partial charge in [-0.3, -0.25) is 58.0 Å². The first kappa shape index (κ1) is 33.2. The second-order valence-corrected chi connectivity index (χ2v) is 12.5. The molecule has 0 radical (unpaired) electrons. The van der Waals surface area contributed by atoms with Gasteiger partial charge in [-0.2, -0.15) is 0 Å². The summed E-state index contributed by atoms with van der Waals surface area (Å²) in [6.45, 7) is 6.84. The van der Waals surface area contributed by atoms with Gasteiger partial charge in [0.05, 0.1) is 46.4 Å². The Morgan fingerprint density at radius 2 is 0.857 bits per heavy atom. The number of carbonyl (C=O) groups is 8. The van der Waals surface area contributed by atoms with Gasteiger partial charge >= 0.3 is 0 Å². The van der Waals surface area contributed by atoms with Crippen LogP contribution in [0.1, 0.15) is 94.8 Å². The fourth-order valence-electron chi connectivity index (χ4n) is 7.09. The molecule has 0 aliphatic carbocycles. The molecule has 2 aromatic carbocycles. The highest BCUT2D eigenvalue weighted by Gasteiger charge is 2.50. The zero-order chi connectivity index (χ0) is 35.4. The summed E-state index contributed by atoms with van der Waals surface area (Å²) in [7, 11) is 0. The van der Waals surface area contributed by atoms with E-state index in [4.69, 9.17) is 4.74 Å². The second-order valence-electron chi connectivity index (χ2n) is 12.5. The smallest absolute Gasteiger partial charge is 0.262 e. The average Bonchev–Trinajstić information content (AvgIpc) is 3.76. The molecule has 2 aromatic rings. The molecule has 0 unspecified atom stereocenters. The molecule has 49 heavy (non-hydrogen) atoms. The molecule has 0 spiro atoms. The number of hydrogen-bond acceptors (Lipinski definition) is 9. The first-order valence-electron chi connectivity index (χ1n) is 16.2. The molecule has 6 rings (SSSR count). The second kappa shape index (κ2) is 12.1. The van der Waals surface area contributed by atoms with Gasteiger partial charge in [-0.05, 0) is 62.1 Å². The average molecular weight is 667 g/mol. The third-order valence-corrected chi connectivity index (χ3v) is 10.2. The van der Waals surface area contributed by atoms with Crippen molar-refractivity contribution in [3.63, 3.8) is 0 Å². The van der Waals surface area contributed by atoms with E-state index in [-0.39, 0.29) is 46.8 Å². The maximum atomic E-state index is 13.8. The molecule has 0 N–H and O–H groups in total. The number of imide groups is 4. The van der Waals surface area contributed by atoms with Crippen LogP contribution in [-0.4, -0.2) is 91.0 Å². The van der Waals surface area contributed by atoms with Crippen LogP contribution < -0.4 is 4.74 Å². The lowest BCUT2D eigenvalue weighted by atomic mass is 9.89. The van der Waals surface area contributed by atoms with Crippen LogP contribution in [0, 0.1) is 0 Å². The number of amides is 8. The van der Waals surface area contributed by atoms with Crippen LogP contribution in [0.2, 0.25) is 0 Å². The molecule has 13 nitrogen and oxygen atoms in total. The van der Waals surface area contributed by atoms with E-state index in [1.54, 1.807) is 27.7 Å². The summed E-state index contributed by atoms with van der Waals surface area (Å²) in [6, 6.07) is 8.75. The van der Waals surface area contributed by atoms with Crippen molar-refractivity contribution >= 4 is 47.3 Å². The number of ether oxygens (including phenoxy) is 1. The maximum Gasteiger partial charge on any atom is 0.262 e. The Balaban J connectivity index is 1.23. The van der Waals surface area contributed by atoms with Crippen molar-refractivity contribution in [3.8, 4) is 11.5 Å². The Labute approximate surface area is 281 Å². The van der Waals surface area contributed by atoms with Crippen molar-refractivity contribution in [1.82, 2.24) is 19.6 Å². The van der Waals surface area contributed by atoms with Gasteiger partial charge in [0.2, 0.25) is 0 Å². The van der Waals surface area contributed by atoms with Crippen LogP contribution in [0.4, 0.5) is 0 Å². The van der Waals surface area contributed by atoms with E-state index in [0.717, 1.165) is 31.8 Å². The quantitative estimate of drug-likeness (QED) is 0.308. The van der Waals surface area contributed by atoms with Gasteiger partial charge in [0.1, 0.15) is 11.5 Å². The van der Waals surface area contributed by atoms with Gasteiger partial charge in [0, 0.05) is 24.3 Å². The van der Waals surface area contributed by atoms with Crippen LogP contribution in [0.25, 0.3) is 0 Å². The lowest BCUT2D eigenvalue weighted by Gasteiger charge is -2.41. The summed E-state index contributed by atoms with van der Waals surface area (Å²) in [5.41, 5.74) is -1.77. The SMILES string of the molecule is CCC(CC)(CN1C(=O)c2ccc(Oc3ccc4c(c3)C(=O)N(C(CC)(CC)CN3C(=O)C=CC3=O)C4=O)cc2C1=O)N1C(=O)C=CC1=O. The number of benzene rings is 2. The molecule has 0 saturated carbocycles. The van der Waals surface area contributed by atoms with E-state index in [0.29, 0.717) is 25.7 Å². The Hall–Kier alpha value is -5.72. The minimum absolute atomic E-state index is 0.0792. The lowest BCUT2D eigenvalue weighted by molar-refractivity contribution is -0.145. The Kier molecular flexibility index (Phi) is 8.17. The van der Waals surface area contributed by atoms with Crippen LogP contribution >= 0.6 is 0 Å². The first-order valence-corrected chi connectivity index (χ1v) is 16.2. The van der Waals surface area contributed by atoms with E-state index >= 15 is 0 Å². The highest BCUT2D eigenvalue weighted by atomic mass is 16.5. The van der Waals surface area contributed by atoms with E-state index < -0.39 is 58.3 Å². The van der Waals surface area contributed by atoms with Crippen LogP contribution in [0.3, 0.4) is 0 Å². The van der Waals surface area contributed by atoms with E-state index in [9.17, 15) is 38.4 Å². The standard InChI is InChI=1S/C36H34N4O9/c1-5-35(6-2,39-29(43)15-16-30(39)44)20-38-31(45)23-11-9-21(17-25(23)32(38)46)49-22-10-12-24-26(18-22)34(48)40(33(24)47)36(7-3,8-4)19-37-27(41)13-14-28(37)42/h9-18H,5-8,19-20H2,1-4H3. The predicted octanol–water partition coefficient (Wildman–Crippen LogP) is 3.64. The van der Waals surface area contributed by atoms with Crippen LogP contribution in [0.5, 0.6) is 11.5 Å². The summed E-state index contributed by atoms with van der Waals surface area (Å²) in [4.78, 5) is 109. The van der Waals surface area contributed by atoms with Gasteiger partial charge < -0.3 is 4.74 Å². The topological polar surface area (TPSA) is 159 Å². The number of carbonyl (C=O) groups excluding carboxylic acids is 8. The van der Waals surface area contributed by atoms with E-state index in [2.05, 4.69) is 0 Å². The Bertz CT molecular complexity index is 1900. The largest absolute Gasteiger partial charge is 0.457 e. The number of fused-ring (bicyclic) bond motifs is 2. The minimum Gasteiger partial charge on any atom is -0.457 e. The molecule has 13 heteroatoms. The number of hydrogen-bond donors (Lipinski definition) is 0. The van der Waals surface area contributed by atoms with Gasteiger partial charge in [-0.1, -0.05) is 27.7 Å². The highest BCUT2D eigenvalue weighted by Crippen LogP contribution is 2.38. The summed E-state index contributed by atoms with van der Waals surface area (Å²) in [6.07, 6.45) is 5.91. The predicted molar refractivity (Wildman–Crippen MR) is 172 cm³/mol. The van der Waals surface area contributed by atoms with Gasteiger partial charge in [0.25, 0.3) is 47.3 Å². The zero-order valence-electron chi connectivity index (χ0n) is 27.5. The van der Waals surface area contributed by atoms with Gasteiger partial charge in [-0.25, -0.2) is 0 Å². The molecular weight excluding hydrogens is 632 g/mol. The molecule has 0 bridgehead atoms. The monoisotopic (exact) mass is 666 g/mol. The fraction of sp³-hybridized carbons (Fsp3) is 0.333. The van der Waals surface area contributed by atoms with Crippen molar-refractivity contribution in [2.24, 2.45) is 0 Å². The molecule has 0 fully saturated rings. The fourth-order valence-corrected chi connectivity index (χ4v) is 7.09. The molecule has 0 aromatic heterocycles. The van der Waals surface area contributed by atoms with Crippen LogP contribution in [-0.2, 0) is 19.2 Å². The summed E-state index contributed by atoms with van der Waals surface area (Å²) in [5.74, 6) is -3.93. The van der Waals surface area contributed by atoms with E-state index in [1.807, 2.05) is 0 Å². The highest BCUT2D eigenvalue weighted by molar-refractivity contribution is 6.23. The molecule has 252 valence electrons. The van der Waals surface area contributed by atoms with Crippen molar-refractivity contribution in [2.45, 2.75) is 64.5 Å². The molecule has 4 heterocycles. The van der Waals surface area contributed by atoms with Gasteiger partial charge in [-0.15, -0.1) is 0 Å². The Morgan fingerprint density at radius 3 is 1.37 bits per heavy atom. The summed E-state index contributed by atoms with van der Waals surface area (Å²) in [5, 5.41) is 0. The summed E-state index contributed by atoms with van der Waals surface area (Å²) >= 11 is 0. The summed E-state index contributed by atoms with van der Waals surface area (Å²) < 4.78 is 6.02. The third-order valence-electron chi connectivity index (χ3n) is 10.2. The molecule has 4 aliphatic rings. The molecule has 8 amide bonds. The van der Waals surface area contributed by atoms with Crippen molar-refractivity contribution < 1.29 is 43.1 Å². The normalized spacial score (nSPS) is 17.5. The number of nitrogens with zero attached hydrogens (tertiary/aromatic N) is 4. The molecule has 4 aliphatic heterocycles. The van der Waals surface area contributed by atoms with Crippen molar-refractivity contribution in [2.75, 3.05) is 13.1 Å². The Morgan fingerprint density at radius 1 is 0.469 bits per heavy atom.